The molecule has 0 saturated carbocycles. The molecule has 5 unspecified atom stereocenters. The summed E-state index contributed by atoms with van der Waals surface area (Å²) >= 11 is 0. The van der Waals surface area contributed by atoms with Crippen LogP contribution in [0.3, 0.4) is 0 Å². The first-order valence-corrected chi connectivity index (χ1v) is 8.81. The van der Waals surface area contributed by atoms with Crippen molar-refractivity contribution in [3.05, 3.63) is 42.5 Å². The highest BCUT2D eigenvalue weighted by Crippen LogP contribution is 2.22. The van der Waals surface area contributed by atoms with Crippen LogP contribution in [-0.2, 0) is 15.9 Å². The maximum absolute atomic E-state index is 9.88. The van der Waals surface area contributed by atoms with Gasteiger partial charge in [-0.1, -0.05) is 24.8 Å². The lowest BCUT2D eigenvalue weighted by Crippen LogP contribution is -2.59. The number of aryl methyl sites for hydroxylation is 1. The molecule has 0 radical (unpaired) electrons. The van der Waals surface area contributed by atoms with Gasteiger partial charge in [-0.2, -0.15) is 0 Å². The molecule has 0 spiro atoms. The Morgan fingerprint density at radius 3 is 2.42 bits per heavy atom. The molecule has 0 aromatic heterocycles. The average molecular weight is 368 g/mol. The minimum Gasteiger partial charge on any atom is -0.490 e. The highest BCUT2D eigenvalue weighted by molar-refractivity contribution is 5.27. The van der Waals surface area contributed by atoms with Gasteiger partial charge in [0, 0.05) is 6.61 Å². The monoisotopic (exact) mass is 368 g/mol. The lowest BCUT2D eigenvalue weighted by molar-refractivity contribution is -0.301. The van der Waals surface area contributed by atoms with Gasteiger partial charge in [-0.25, -0.2) is 0 Å². The quantitative estimate of drug-likeness (QED) is 0.349. The molecule has 7 nitrogen and oxygen atoms in total. The van der Waals surface area contributed by atoms with Crippen molar-refractivity contribution in [3.8, 4) is 5.75 Å². The highest BCUT2D eigenvalue weighted by Gasteiger charge is 2.43. The largest absolute Gasteiger partial charge is 0.490 e. The van der Waals surface area contributed by atoms with Crippen LogP contribution in [0.15, 0.2) is 36.9 Å². The number of unbranched alkanes of at least 4 members (excludes halogenated alkanes) is 1. The molecule has 0 bridgehead atoms. The van der Waals surface area contributed by atoms with Gasteiger partial charge < -0.3 is 34.6 Å². The van der Waals surface area contributed by atoms with E-state index in [9.17, 15) is 15.3 Å². The first-order chi connectivity index (χ1) is 12.6. The Balaban J connectivity index is 1.67. The SMILES string of the molecule is C=CCOc1ccc(CCCCOC2OC(CO)C(O)C(O)C2O)cc1. The number of ether oxygens (including phenoxy) is 3. The molecule has 1 aromatic rings. The van der Waals surface area contributed by atoms with Crippen LogP contribution in [-0.4, -0.2) is 71.0 Å². The van der Waals surface area contributed by atoms with Gasteiger partial charge in [0.05, 0.1) is 6.61 Å². The van der Waals surface area contributed by atoms with Crippen molar-refractivity contribution >= 4 is 0 Å². The van der Waals surface area contributed by atoms with E-state index in [1.165, 1.54) is 5.56 Å². The third-order valence-corrected chi connectivity index (χ3v) is 4.28. The normalized spacial score (nSPS) is 28.7. The van der Waals surface area contributed by atoms with Crippen LogP contribution in [0, 0.1) is 0 Å². The summed E-state index contributed by atoms with van der Waals surface area (Å²) in [7, 11) is 0. The molecular formula is C19H28O7. The van der Waals surface area contributed by atoms with E-state index in [1.54, 1.807) is 6.08 Å². The predicted molar refractivity (Wildman–Crippen MR) is 94.8 cm³/mol. The molecule has 1 heterocycles. The minimum atomic E-state index is -1.41. The lowest BCUT2D eigenvalue weighted by atomic mass is 9.99. The van der Waals surface area contributed by atoms with Crippen molar-refractivity contribution in [3.63, 3.8) is 0 Å². The van der Waals surface area contributed by atoms with Gasteiger partial charge >= 0.3 is 0 Å². The van der Waals surface area contributed by atoms with Crippen LogP contribution < -0.4 is 4.74 Å². The standard InChI is InChI=1S/C19H28O7/c1-2-10-24-14-8-6-13(7-9-14)5-3-4-11-25-19-18(23)17(22)16(21)15(12-20)26-19/h2,6-9,15-23H,1,3-5,10-12H2. The Kier molecular flexibility index (Phi) is 8.50. The molecule has 146 valence electrons. The van der Waals surface area contributed by atoms with Crippen molar-refractivity contribution in [2.24, 2.45) is 0 Å². The zero-order valence-corrected chi connectivity index (χ0v) is 14.7. The van der Waals surface area contributed by atoms with Crippen LogP contribution in [0.1, 0.15) is 18.4 Å². The van der Waals surface area contributed by atoms with Gasteiger partial charge in [0.25, 0.3) is 0 Å². The van der Waals surface area contributed by atoms with Crippen molar-refractivity contribution in [1.29, 1.82) is 0 Å². The summed E-state index contributed by atoms with van der Waals surface area (Å²) in [6.07, 6.45) is -1.94. The molecule has 1 fully saturated rings. The van der Waals surface area contributed by atoms with E-state index >= 15 is 0 Å². The highest BCUT2D eigenvalue weighted by atomic mass is 16.7. The van der Waals surface area contributed by atoms with E-state index in [0.717, 1.165) is 25.0 Å². The summed E-state index contributed by atoms with van der Waals surface area (Å²) < 4.78 is 16.2. The molecule has 0 aliphatic carbocycles. The number of benzene rings is 1. The van der Waals surface area contributed by atoms with Gasteiger partial charge in [-0.15, -0.1) is 0 Å². The molecule has 1 aromatic carbocycles. The van der Waals surface area contributed by atoms with Crippen LogP contribution >= 0.6 is 0 Å². The molecule has 1 aliphatic rings. The van der Waals surface area contributed by atoms with Crippen molar-refractivity contribution in [2.45, 2.75) is 50.0 Å². The van der Waals surface area contributed by atoms with Crippen LogP contribution in [0.5, 0.6) is 5.75 Å². The van der Waals surface area contributed by atoms with Gasteiger partial charge in [0.1, 0.15) is 36.8 Å². The summed E-state index contributed by atoms with van der Waals surface area (Å²) in [6, 6.07) is 7.86. The maximum Gasteiger partial charge on any atom is 0.186 e. The molecule has 1 saturated heterocycles. The number of rotatable bonds is 10. The van der Waals surface area contributed by atoms with Crippen molar-refractivity contribution in [1.82, 2.24) is 0 Å². The number of aliphatic hydroxyl groups is 4. The molecule has 7 heteroatoms. The topological polar surface area (TPSA) is 109 Å². The lowest BCUT2D eigenvalue weighted by Gasteiger charge is -2.39. The Hall–Kier alpha value is -1.48. The minimum absolute atomic E-state index is 0.337. The summed E-state index contributed by atoms with van der Waals surface area (Å²) in [5.41, 5.74) is 1.18. The molecule has 1 aliphatic heterocycles. The van der Waals surface area contributed by atoms with E-state index in [4.69, 9.17) is 19.3 Å². The second-order valence-electron chi connectivity index (χ2n) is 6.27. The Morgan fingerprint density at radius 1 is 1.04 bits per heavy atom. The zero-order valence-electron chi connectivity index (χ0n) is 14.7. The fourth-order valence-electron chi connectivity index (χ4n) is 2.74. The van der Waals surface area contributed by atoms with Gasteiger partial charge in [0.2, 0.25) is 0 Å². The van der Waals surface area contributed by atoms with Crippen LogP contribution in [0.4, 0.5) is 0 Å². The Bertz CT molecular complexity index is 531. The number of hydrogen-bond acceptors (Lipinski definition) is 7. The molecule has 0 amide bonds. The van der Waals surface area contributed by atoms with Crippen molar-refractivity contribution < 1.29 is 34.6 Å². The van der Waals surface area contributed by atoms with Gasteiger partial charge in [-0.05, 0) is 37.0 Å². The van der Waals surface area contributed by atoms with Crippen LogP contribution in [0.25, 0.3) is 0 Å². The second kappa shape index (κ2) is 10.6. The van der Waals surface area contributed by atoms with Gasteiger partial charge in [0.15, 0.2) is 6.29 Å². The Morgan fingerprint density at radius 2 is 1.77 bits per heavy atom. The molecule has 4 N–H and O–H groups in total. The average Bonchev–Trinajstić information content (AvgIpc) is 2.66. The fourth-order valence-corrected chi connectivity index (χ4v) is 2.74. The van der Waals surface area contributed by atoms with E-state index in [1.807, 2.05) is 24.3 Å². The predicted octanol–water partition coefficient (Wildman–Crippen LogP) is 0.391. The van der Waals surface area contributed by atoms with E-state index in [0.29, 0.717) is 13.2 Å². The maximum atomic E-state index is 9.88. The first-order valence-electron chi connectivity index (χ1n) is 8.81. The van der Waals surface area contributed by atoms with Crippen molar-refractivity contribution in [2.75, 3.05) is 19.8 Å². The van der Waals surface area contributed by atoms with Gasteiger partial charge in [-0.3, -0.25) is 0 Å². The molecule has 26 heavy (non-hydrogen) atoms. The Labute approximate surface area is 153 Å². The number of aliphatic hydroxyl groups excluding tert-OH is 4. The number of hydrogen-bond donors (Lipinski definition) is 4. The summed E-state index contributed by atoms with van der Waals surface area (Å²) in [4.78, 5) is 0. The van der Waals surface area contributed by atoms with E-state index < -0.39 is 37.3 Å². The molecule has 5 atom stereocenters. The zero-order chi connectivity index (χ0) is 18.9. The first kappa shape index (κ1) is 20.8. The van der Waals surface area contributed by atoms with E-state index in [2.05, 4.69) is 6.58 Å². The third kappa shape index (κ3) is 5.77. The summed E-state index contributed by atoms with van der Waals surface area (Å²) in [5.74, 6) is 0.805. The molecule has 2 rings (SSSR count). The van der Waals surface area contributed by atoms with Crippen LogP contribution in [0.2, 0.25) is 0 Å². The van der Waals surface area contributed by atoms with E-state index in [-0.39, 0.29) is 0 Å². The smallest absolute Gasteiger partial charge is 0.186 e. The summed E-state index contributed by atoms with van der Waals surface area (Å²) in [6.45, 7) is 3.96. The second-order valence-corrected chi connectivity index (χ2v) is 6.27. The summed E-state index contributed by atoms with van der Waals surface area (Å²) in [5, 5.41) is 38.4. The third-order valence-electron chi connectivity index (χ3n) is 4.28. The molecular weight excluding hydrogens is 340 g/mol. The fraction of sp³-hybridized carbons (Fsp3) is 0.579.